The maximum Gasteiger partial charge on any atom is 0.299 e. The number of fused-ring (bicyclic) bond motifs is 1. The van der Waals surface area contributed by atoms with Crippen LogP contribution in [-0.2, 0) is 4.79 Å². The first-order valence-electron chi connectivity index (χ1n) is 4.92. The van der Waals surface area contributed by atoms with Crippen LogP contribution in [0.1, 0.15) is 16.8 Å². The number of benzene rings is 1. The zero-order valence-electron chi connectivity index (χ0n) is 8.57. The highest BCUT2D eigenvalue weighted by atomic mass is 35.5. The first-order chi connectivity index (χ1) is 7.65. The average Bonchev–Trinajstić information content (AvgIpc) is 2.50. The van der Waals surface area contributed by atoms with Crippen LogP contribution in [0, 0.1) is 0 Å². The maximum absolute atomic E-state index is 11.7. The Hall–Kier alpha value is -1.61. The standard InChI is InChI=1S/C12H10ClNO2/c1-2-3-6-14-10-7-8(13)4-5-9(10)11(15)12(14)16/h2,4-5,7H,1,3,6H2. The fourth-order valence-electron chi connectivity index (χ4n) is 1.71. The number of ketones is 1. The van der Waals surface area contributed by atoms with Crippen molar-refractivity contribution in [2.45, 2.75) is 6.42 Å². The lowest BCUT2D eigenvalue weighted by Crippen LogP contribution is -2.30. The van der Waals surface area contributed by atoms with Crippen molar-refractivity contribution < 1.29 is 9.59 Å². The van der Waals surface area contributed by atoms with E-state index in [1.807, 2.05) is 0 Å². The Morgan fingerprint density at radius 1 is 1.38 bits per heavy atom. The maximum atomic E-state index is 11.7. The minimum Gasteiger partial charge on any atom is -0.304 e. The van der Waals surface area contributed by atoms with Gasteiger partial charge in [-0.05, 0) is 24.6 Å². The van der Waals surface area contributed by atoms with Gasteiger partial charge in [0.2, 0.25) is 0 Å². The van der Waals surface area contributed by atoms with Crippen molar-refractivity contribution in [1.29, 1.82) is 0 Å². The van der Waals surface area contributed by atoms with Crippen molar-refractivity contribution in [3.05, 3.63) is 41.4 Å². The molecule has 1 aromatic carbocycles. The normalized spacial score (nSPS) is 14.2. The number of amides is 1. The summed E-state index contributed by atoms with van der Waals surface area (Å²) >= 11 is 5.85. The Labute approximate surface area is 98.3 Å². The van der Waals surface area contributed by atoms with Gasteiger partial charge in [-0.1, -0.05) is 17.7 Å². The monoisotopic (exact) mass is 235 g/mol. The molecule has 3 nitrogen and oxygen atoms in total. The van der Waals surface area contributed by atoms with Crippen LogP contribution in [0.25, 0.3) is 0 Å². The van der Waals surface area contributed by atoms with Crippen LogP contribution in [0.5, 0.6) is 0 Å². The molecule has 0 N–H and O–H groups in total. The highest BCUT2D eigenvalue weighted by Gasteiger charge is 2.35. The van der Waals surface area contributed by atoms with Crippen molar-refractivity contribution in [2.24, 2.45) is 0 Å². The predicted molar refractivity (Wildman–Crippen MR) is 62.9 cm³/mol. The summed E-state index contributed by atoms with van der Waals surface area (Å²) in [6.45, 7) is 4.05. The van der Waals surface area contributed by atoms with E-state index in [1.54, 1.807) is 24.3 Å². The third-order valence-electron chi connectivity index (χ3n) is 2.49. The van der Waals surface area contributed by atoms with E-state index in [4.69, 9.17) is 11.6 Å². The lowest BCUT2D eigenvalue weighted by molar-refractivity contribution is -0.114. The molecule has 0 saturated carbocycles. The van der Waals surface area contributed by atoms with E-state index in [0.717, 1.165) is 0 Å². The van der Waals surface area contributed by atoms with Crippen LogP contribution in [0.4, 0.5) is 5.69 Å². The fraction of sp³-hybridized carbons (Fsp3) is 0.167. The number of hydrogen-bond donors (Lipinski definition) is 0. The summed E-state index contributed by atoms with van der Waals surface area (Å²) in [6.07, 6.45) is 2.35. The number of Topliss-reactive ketones (excluding diaryl/α,β-unsaturated/α-hetero) is 1. The highest BCUT2D eigenvalue weighted by molar-refractivity contribution is 6.52. The van der Waals surface area contributed by atoms with E-state index in [1.165, 1.54) is 4.90 Å². The molecular weight excluding hydrogens is 226 g/mol. The number of carbonyl (C=O) groups is 2. The Kier molecular flexibility index (Phi) is 2.79. The summed E-state index contributed by atoms with van der Waals surface area (Å²) < 4.78 is 0. The van der Waals surface area contributed by atoms with Crippen molar-refractivity contribution in [3.8, 4) is 0 Å². The SMILES string of the molecule is C=CCCN1C(=O)C(=O)c2ccc(Cl)cc21. The zero-order valence-corrected chi connectivity index (χ0v) is 9.33. The van der Waals surface area contributed by atoms with E-state index < -0.39 is 11.7 Å². The lowest BCUT2D eigenvalue weighted by atomic mass is 10.1. The first-order valence-corrected chi connectivity index (χ1v) is 5.29. The molecular formula is C12H10ClNO2. The van der Waals surface area contributed by atoms with Gasteiger partial charge in [0, 0.05) is 11.6 Å². The third kappa shape index (κ3) is 1.63. The minimum atomic E-state index is -0.487. The molecule has 0 unspecified atom stereocenters. The van der Waals surface area contributed by atoms with Crippen LogP contribution < -0.4 is 4.90 Å². The summed E-state index contributed by atoms with van der Waals surface area (Å²) in [4.78, 5) is 24.7. The number of anilines is 1. The molecule has 0 atom stereocenters. The molecule has 1 aliphatic heterocycles. The molecule has 0 radical (unpaired) electrons. The second kappa shape index (κ2) is 4.10. The van der Waals surface area contributed by atoms with Crippen LogP contribution in [0.2, 0.25) is 5.02 Å². The molecule has 0 aliphatic carbocycles. The van der Waals surface area contributed by atoms with Crippen LogP contribution in [-0.4, -0.2) is 18.2 Å². The van der Waals surface area contributed by atoms with Gasteiger partial charge in [-0.2, -0.15) is 0 Å². The second-order valence-corrected chi connectivity index (χ2v) is 3.96. The van der Waals surface area contributed by atoms with Gasteiger partial charge in [-0.25, -0.2) is 0 Å². The average molecular weight is 236 g/mol. The van der Waals surface area contributed by atoms with Gasteiger partial charge in [0.1, 0.15) is 0 Å². The summed E-state index contributed by atoms with van der Waals surface area (Å²) in [6, 6.07) is 4.84. The molecule has 1 heterocycles. The summed E-state index contributed by atoms with van der Waals surface area (Å²) in [7, 11) is 0. The van der Waals surface area contributed by atoms with Gasteiger partial charge in [-0.3, -0.25) is 9.59 Å². The largest absolute Gasteiger partial charge is 0.304 e. The van der Waals surface area contributed by atoms with E-state index in [-0.39, 0.29) is 0 Å². The van der Waals surface area contributed by atoms with Crippen LogP contribution >= 0.6 is 11.6 Å². The Balaban J connectivity index is 2.42. The number of hydrogen-bond acceptors (Lipinski definition) is 2. The smallest absolute Gasteiger partial charge is 0.299 e. The van der Waals surface area contributed by atoms with Crippen molar-refractivity contribution in [1.82, 2.24) is 0 Å². The lowest BCUT2D eigenvalue weighted by Gasteiger charge is -2.15. The van der Waals surface area contributed by atoms with E-state index in [9.17, 15) is 9.59 Å². The topological polar surface area (TPSA) is 37.4 Å². The number of carbonyl (C=O) groups excluding carboxylic acids is 2. The third-order valence-corrected chi connectivity index (χ3v) is 2.73. The molecule has 1 aromatic rings. The second-order valence-electron chi connectivity index (χ2n) is 3.52. The summed E-state index contributed by atoms with van der Waals surface area (Å²) in [5.41, 5.74) is 1.03. The van der Waals surface area contributed by atoms with Crippen molar-refractivity contribution >= 4 is 29.0 Å². The van der Waals surface area contributed by atoms with Crippen molar-refractivity contribution in [2.75, 3.05) is 11.4 Å². The number of nitrogens with zero attached hydrogens (tertiary/aromatic N) is 1. The van der Waals surface area contributed by atoms with Gasteiger partial charge < -0.3 is 4.90 Å². The van der Waals surface area contributed by atoms with Crippen molar-refractivity contribution in [3.63, 3.8) is 0 Å². The molecule has 0 fully saturated rings. The Bertz CT molecular complexity index is 482. The quantitative estimate of drug-likeness (QED) is 0.596. The van der Waals surface area contributed by atoms with E-state index in [2.05, 4.69) is 6.58 Å². The van der Waals surface area contributed by atoms with E-state index in [0.29, 0.717) is 29.2 Å². The number of halogens is 1. The molecule has 0 aromatic heterocycles. The minimum absolute atomic E-state index is 0.429. The van der Waals surface area contributed by atoms with Crippen LogP contribution in [0.3, 0.4) is 0 Å². The van der Waals surface area contributed by atoms with Gasteiger partial charge in [0.05, 0.1) is 11.3 Å². The van der Waals surface area contributed by atoms with Crippen LogP contribution in [0.15, 0.2) is 30.9 Å². The summed E-state index contributed by atoms with van der Waals surface area (Å²) in [5, 5.41) is 0.518. The predicted octanol–water partition coefficient (Wildman–Crippen LogP) is 2.45. The Morgan fingerprint density at radius 2 is 2.12 bits per heavy atom. The molecule has 2 rings (SSSR count). The fourth-order valence-corrected chi connectivity index (χ4v) is 1.88. The molecule has 82 valence electrons. The molecule has 16 heavy (non-hydrogen) atoms. The zero-order chi connectivity index (χ0) is 11.7. The molecule has 4 heteroatoms. The molecule has 0 bridgehead atoms. The first kappa shape index (κ1) is 10.9. The summed E-state index contributed by atoms with van der Waals surface area (Å²) in [5.74, 6) is -0.949. The molecule has 1 amide bonds. The number of rotatable bonds is 3. The van der Waals surface area contributed by atoms with E-state index >= 15 is 0 Å². The molecule has 0 spiro atoms. The Morgan fingerprint density at radius 3 is 2.81 bits per heavy atom. The molecule has 1 aliphatic rings. The molecule has 0 saturated heterocycles. The van der Waals surface area contributed by atoms with Gasteiger partial charge in [0.15, 0.2) is 0 Å². The van der Waals surface area contributed by atoms with Gasteiger partial charge in [0.25, 0.3) is 11.7 Å². The van der Waals surface area contributed by atoms with Gasteiger partial charge in [-0.15, -0.1) is 6.58 Å². The highest BCUT2D eigenvalue weighted by Crippen LogP contribution is 2.31. The van der Waals surface area contributed by atoms with Gasteiger partial charge >= 0.3 is 0 Å².